The zero-order valence-electron chi connectivity index (χ0n) is 10.4. The first-order valence-corrected chi connectivity index (χ1v) is 5.79. The lowest BCUT2D eigenvalue weighted by molar-refractivity contribution is 0.296. The standard InChI is InChI=1S/C13H21NO2/c1-4-14(5-2)12-7-6-11(8-9-15)13(10-12)16-3/h6-7,10,15H,4-5,8-9H2,1-3H3. The first-order chi connectivity index (χ1) is 7.76. The third-order valence-corrected chi connectivity index (χ3v) is 2.78. The second-order valence-corrected chi connectivity index (χ2v) is 3.64. The van der Waals surface area contributed by atoms with Gasteiger partial charge in [-0.05, 0) is 31.9 Å². The Kier molecular flexibility index (Phi) is 5.12. The number of ether oxygens (including phenoxy) is 1. The molecule has 0 bridgehead atoms. The van der Waals surface area contributed by atoms with Gasteiger partial charge in [0.1, 0.15) is 5.75 Å². The molecule has 0 aliphatic carbocycles. The molecular weight excluding hydrogens is 202 g/mol. The van der Waals surface area contributed by atoms with E-state index in [2.05, 4.69) is 24.8 Å². The van der Waals surface area contributed by atoms with Gasteiger partial charge in [-0.25, -0.2) is 0 Å². The summed E-state index contributed by atoms with van der Waals surface area (Å²) in [5.74, 6) is 0.860. The van der Waals surface area contributed by atoms with Gasteiger partial charge >= 0.3 is 0 Å². The molecule has 90 valence electrons. The van der Waals surface area contributed by atoms with Crippen molar-refractivity contribution in [1.29, 1.82) is 0 Å². The van der Waals surface area contributed by atoms with Crippen LogP contribution in [0.15, 0.2) is 18.2 Å². The molecule has 0 saturated heterocycles. The number of anilines is 1. The molecule has 0 unspecified atom stereocenters. The topological polar surface area (TPSA) is 32.7 Å². The fourth-order valence-electron chi connectivity index (χ4n) is 1.85. The smallest absolute Gasteiger partial charge is 0.124 e. The molecule has 0 radical (unpaired) electrons. The van der Waals surface area contributed by atoms with E-state index in [-0.39, 0.29) is 6.61 Å². The van der Waals surface area contributed by atoms with Crippen LogP contribution in [0.4, 0.5) is 5.69 Å². The Bertz CT molecular complexity index is 322. The molecule has 1 aromatic carbocycles. The molecule has 0 amide bonds. The second kappa shape index (κ2) is 6.38. The molecule has 3 nitrogen and oxygen atoms in total. The van der Waals surface area contributed by atoms with Crippen LogP contribution in [0.25, 0.3) is 0 Å². The molecule has 0 aromatic heterocycles. The predicted molar refractivity (Wildman–Crippen MR) is 67.3 cm³/mol. The van der Waals surface area contributed by atoms with Gasteiger partial charge < -0.3 is 14.7 Å². The summed E-state index contributed by atoms with van der Waals surface area (Å²) >= 11 is 0. The Balaban J connectivity index is 2.98. The molecule has 0 spiro atoms. The number of aliphatic hydroxyl groups is 1. The van der Waals surface area contributed by atoms with E-state index < -0.39 is 0 Å². The number of methoxy groups -OCH3 is 1. The molecule has 1 aromatic rings. The van der Waals surface area contributed by atoms with Crippen molar-refractivity contribution in [3.05, 3.63) is 23.8 Å². The van der Waals surface area contributed by atoms with Crippen molar-refractivity contribution in [2.45, 2.75) is 20.3 Å². The normalized spacial score (nSPS) is 10.2. The van der Waals surface area contributed by atoms with Crippen molar-refractivity contribution in [3.8, 4) is 5.75 Å². The van der Waals surface area contributed by atoms with Crippen molar-refractivity contribution in [2.75, 3.05) is 31.7 Å². The lowest BCUT2D eigenvalue weighted by atomic mass is 10.1. The van der Waals surface area contributed by atoms with Crippen LogP contribution in [-0.2, 0) is 6.42 Å². The van der Waals surface area contributed by atoms with Crippen LogP contribution in [0, 0.1) is 0 Å². The summed E-state index contributed by atoms with van der Waals surface area (Å²) in [5.41, 5.74) is 2.23. The zero-order valence-corrected chi connectivity index (χ0v) is 10.4. The summed E-state index contributed by atoms with van der Waals surface area (Å²) in [4.78, 5) is 2.27. The maximum atomic E-state index is 8.94. The molecule has 0 saturated carbocycles. The number of hydrogen-bond donors (Lipinski definition) is 1. The first-order valence-electron chi connectivity index (χ1n) is 5.79. The summed E-state index contributed by atoms with van der Waals surface area (Å²) in [6.45, 7) is 6.40. The zero-order chi connectivity index (χ0) is 12.0. The number of hydrogen-bond acceptors (Lipinski definition) is 3. The van der Waals surface area contributed by atoms with Gasteiger partial charge in [0.15, 0.2) is 0 Å². The van der Waals surface area contributed by atoms with Gasteiger partial charge in [0.25, 0.3) is 0 Å². The van der Waals surface area contributed by atoms with Crippen LogP contribution in [0.2, 0.25) is 0 Å². The Morgan fingerprint density at radius 1 is 1.25 bits per heavy atom. The Labute approximate surface area is 97.7 Å². The summed E-state index contributed by atoms with van der Waals surface area (Å²) < 4.78 is 5.34. The van der Waals surface area contributed by atoms with Crippen LogP contribution < -0.4 is 9.64 Å². The van der Waals surface area contributed by atoms with Crippen molar-refractivity contribution in [3.63, 3.8) is 0 Å². The number of benzene rings is 1. The maximum absolute atomic E-state index is 8.94. The Hall–Kier alpha value is -1.22. The van der Waals surface area contributed by atoms with Gasteiger partial charge in [-0.15, -0.1) is 0 Å². The Morgan fingerprint density at radius 3 is 2.44 bits per heavy atom. The number of nitrogens with zero attached hydrogens (tertiary/aromatic N) is 1. The van der Waals surface area contributed by atoms with E-state index in [4.69, 9.17) is 9.84 Å². The molecule has 3 heteroatoms. The van der Waals surface area contributed by atoms with Gasteiger partial charge in [-0.3, -0.25) is 0 Å². The maximum Gasteiger partial charge on any atom is 0.124 e. The average Bonchev–Trinajstić information content (AvgIpc) is 2.32. The molecule has 16 heavy (non-hydrogen) atoms. The second-order valence-electron chi connectivity index (χ2n) is 3.64. The fourth-order valence-corrected chi connectivity index (χ4v) is 1.85. The van der Waals surface area contributed by atoms with E-state index in [0.717, 1.165) is 24.4 Å². The molecule has 0 aliphatic heterocycles. The highest BCUT2D eigenvalue weighted by Crippen LogP contribution is 2.25. The van der Waals surface area contributed by atoms with Gasteiger partial charge in [0.2, 0.25) is 0 Å². The van der Waals surface area contributed by atoms with E-state index in [9.17, 15) is 0 Å². The van der Waals surface area contributed by atoms with E-state index in [1.807, 2.05) is 12.1 Å². The van der Waals surface area contributed by atoms with Crippen LogP contribution in [0.3, 0.4) is 0 Å². The highest BCUT2D eigenvalue weighted by molar-refractivity contribution is 5.53. The molecule has 0 fully saturated rings. The van der Waals surface area contributed by atoms with Crippen molar-refractivity contribution in [2.24, 2.45) is 0 Å². The summed E-state index contributed by atoms with van der Waals surface area (Å²) in [6, 6.07) is 6.15. The third-order valence-electron chi connectivity index (χ3n) is 2.78. The van der Waals surface area contributed by atoms with E-state index in [1.165, 1.54) is 5.69 Å². The minimum absolute atomic E-state index is 0.154. The van der Waals surface area contributed by atoms with Crippen LogP contribution in [0.1, 0.15) is 19.4 Å². The SMILES string of the molecule is CCN(CC)c1ccc(CCO)c(OC)c1. The average molecular weight is 223 g/mol. The molecule has 0 heterocycles. The fraction of sp³-hybridized carbons (Fsp3) is 0.538. The largest absolute Gasteiger partial charge is 0.496 e. The van der Waals surface area contributed by atoms with Crippen LogP contribution in [0.5, 0.6) is 5.75 Å². The summed E-state index contributed by atoms with van der Waals surface area (Å²) in [5, 5.41) is 8.94. The molecular formula is C13H21NO2. The number of aliphatic hydroxyl groups excluding tert-OH is 1. The van der Waals surface area contributed by atoms with Gasteiger partial charge in [0, 0.05) is 31.5 Å². The van der Waals surface area contributed by atoms with Crippen LogP contribution >= 0.6 is 0 Å². The molecule has 0 atom stereocenters. The Morgan fingerprint density at radius 2 is 1.94 bits per heavy atom. The molecule has 1 rings (SSSR count). The molecule has 1 N–H and O–H groups in total. The van der Waals surface area contributed by atoms with E-state index in [0.29, 0.717) is 6.42 Å². The van der Waals surface area contributed by atoms with Gasteiger partial charge in [-0.1, -0.05) is 6.07 Å². The quantitative estimate of drug-likeness (QED) is 0.801. The van der Waals surface area contributed by atoms with Gasteiger partial charge in [0.05, 0.1) is 7.11 Å². The number of rotatable bonds is 6. The monoisotopic (exact) mass is 223 g/mol. The van der Waals surface area contributed by atoms with E-state index in [1.54, 1.807) is 7.11 Å². The summed E-state index contributed by atoms with van der Waals surface area (Å²) in [6.07, 6.45) is 0.641. The predicted octanol–water partition coefficient (Wildman–Crippen LogP) is 2.08. The minimum Gasteiger partial charge on any atom is -0.496 e. The highest BCUT2D eigenvalue weighted by Gasteiger charge is 2.07. The van der Waals surface area contributed by atoms with Gasteiger partial charge in [-0.2, -0.15) is 0 Å². The molecule has 0 aliphatic rings. The lowest BCUT2D eigenvalue weighted by Gasteiger charge is -2.22. The van der Waals surface area contributed by atoms with Crippen molar-refractivity contribution < 1.29 is 9.84 Å². The summed E-state index contributed by atoms with van der Waals surface area (Å²) in [7, 11) is 1.67. The highest BCUT2D eigenvalue weighted by atomic mass is 16.5. The van der Waals surface area contributed by atoms with Crippen LogP contribution in [-0.4, -0.2) is 31.9 Å². The van der Waals surface area contributed by atoms with E-state index >= 15 is 0 Å². The van der Waals surface area contributed by atoms with Crippen molar-refractivity contribution >= 4 is 5.69 Å². The lowest BCUT2D eigenvalue weighted by Crippen LogP contribution is -2.21. The minimum atomic E-state index is 0.154. The first kappa shape index (κ1) is 12.8. The third kappa shape index (κ3) is 2.89. The van der Waals surface area contributed by atoms with Crippen molar-refractivity contribution in [1.82, 2.24) is 0 Å².